The number of methoxy groups -OCH3 is 1. The summed E-state index contributed by atoms with van der Waals surface area (Å²) in [6.07, 6.45) is 2.82. The molecule has 1 heterocycles. The maximum Gasteiger partial charge on any atom is 0.232 e. The molecule has 0 fully saturated rings. The van der Waals surface area contributed by atoms with E-state index in [0.717, 1.165) is 6.42 Å². The van der Waals surface area contributed by atoms with Crippen LogP contribution in [-0.2, 0) is 27.8 Å². The highest BCUT2D eigenvalue weighted by Gasteiger charge is 2.22. The number of hydrogen-bond donors (Lipinski definition) is 0. The van der Waals surface area contributed by atoms with Crippen molar-refractivity contribution < 1.29 is 17.9 Å². The summed E-state index contributed by atoms with van der Waals surface area (Å²) < 4.78 is 31.0. The maximum absolute atomic E-state index is 12.6. The number of fused-ring (bicyclic) bond motifs is 1. The Morgan fingerprint density at radius 1 is 1.14 bits per heavy atom. The Balaban J connectivity index is 1.61. The van der Waals surface area contributed by atoms with Crippen LogP contribution in [0, 0.1) is 0 Å². The number of carbonyl (C=O) groups excluding carboxylic acids is 1. The van der Waals surface area contributed by atoms with Crippen LogP contribution in [0.15, 0.2) is 48.5 Å². The van der Waals surface area contributed by atoms with Crippen LogP contribution < -0.4 is 9.04 Å². The lowest BCUT2D eigenvalue weighted by atomic mass is 9.99. The molecule has 0 bridgehead atoms. The minimum absolute atomic E-state index is 0.0635. The van der Waals surface area contributed by atoms with E-state index in [1.54, 1.807) is 31.4 Å². The number of ether oxygens (including phenoxy) is 1. The summed E-state index contributed by atoms with van der Waals surface area (Å²) in [4.78, 5) is 14.5. The van der Waals surface area contributed by atoms with Gasteiger partial charge in [0.25, 0.3) is 0 Å². The van der Waals surface area contributed by atoms with Crippen LogP contribution in [-0.4, -0.2) is 45.7 Å². The van der Waals surface area contributed by atoms with Crippen molar-refractivity contribution in [3.05, 3.63) is 59.7 Å². The van der Waals surface area contributed by atoms with Crippen LogP contribution in [0.5, 0.6) is 5.75 Å². The molecule has 3 rings (SSSR count). The van der Waals surface area contributed by atoms with Crippen molar-refractivity contribution in [1.29, 1.82) is 0 Å². The van der Waals surface area contributed by atoms with Gasteiger partial charge in [-0.05, 0) is 36.1 Å². The summed E-state index contributed by atoms with van der Waals surface area (Å²) in [5, 5.41) is 0. The first-order valence-electron chi connectivity index (χ1n) is 9.35. The number of sulfonamides is 1. The highest BCUT2D eigenvalue weighted by atomic mass is 32.2. The normalized spacial score (nSPS) is 13.7. The summed E-state index contributed by atoms with van der Waals surface area (Å²) in [6.45, 7) is 1.59. The number of hydrogen-bond acceptors (Lipinski definition) is 4. The van der Waals surface area contributed by atoms with Crippen LogP contribution in [0.4, 0.5) is 5.69 Å². The molecule has 0 aromatic heterocycles. The highest BCUT2D eigenvalue weighted by molar-refractivity contribution is 7.92. The van der Waals surface area contributed by atoms with Gasteiger partial charge in [0.15, 0.2) is 0 Å². The molecule has 0 unspecified atom stereocenters. The molecule has 0 atom stereocenters. The largest absolute Gasteiger partial charge is 0.497 e. The lowest BCUT2D eigenvalue weighted by Gasteiger charge is -2.29. The minimum atomic E-state index is -3.45. The Hall–Kier alpha value is -2.54. The highest BCUT2D eigenvalue weighted by Crippen LogP contribution is 2.24. The van der Waals surface area contributed by atoms with E-state index in [4.69, 9.17) is 4.74 Å². The SMILES string of the molecule is COc1cccc(N(CCCC(=O)N2CCc3ccccc3C2)S(C)(=O)=O)c1. The molecular formula is C21H26N2O4S. The van der Waals surface area contributed by atoms with E-state index in [-0.39, 0.29) is 12.5 Å². The standard InChI is InChI=1S/C21H26N2O4S/c1-27-20-10-5-9-19(15-20)23(28(2,25)26)13-6-11-21(24)22-14-12-17-7-3-4-8-18(17)16-22/h3-5,7-10,15H,6,11-14,16H2,1-2H3. The second-order valence-electron chi connectivity index (χ2n) is 6.97. The first-order valence-corrected chi connectivity index (χ1v) is 11.2. The van der Waals surface area contributed by atoms with Crippen molar-refractivity contribution in [2.75, 3.05) is 30.8 Å². The van der Waals surface area contributed by atoms with Gasteiger partial charge < -0.3 is 9.64 Å². The van der Waals surface area contributed by atoms with Crippen molar-refractivity contribution in [2.45, 2.75) is 25.8 Å². The van der Waals surface area contributed by atoms with Gasteiger partial charge in [-0.25, -0.2) is 8.42 Å². The zero-order valence-corrected chi connectivity index (χ0v) is 17.1. The fourth-order valence-corrected chi connectivity index (χ4v) is 4.45. The number of rotatable bonds is 7. The van der Waals surface area contributed by atoms with E-state index in [1.807, 2.05) is 17.0 Å². The molecule has 2 aromatic rings. The number of amides is 1. The van der Waals surface area contributed by atoms with Gasteiger partial charge in [0.05, 0.1) is 19.1 Å². The van der Waals surface area contributed by atoms with Crippen LogP contribution in [0.3, 0.4) is 0 Å². The number of nitrogens with zero attached hydrogens (tertiary/aromatic N) is 2. The Morgan fingerprint density at radius 2 is 1.89 bits per heavy atom. The van der Waals surface area contributed by atoms with E-state index in [1.165, 1.54) is 21.7 Å². The zero-order chi connectivity index (χ0) is 20.1. The third kappa shape index (κ3) is 4.84. The third-order valence-electron chi connectivity index (χ3n) is 4.98. The molecule has 28 heavy (non-hydrogen) atoms. The molecule has 0 radical (unpaired) electrons. The van der Waals surface area contributed by atoms with E-state index >= 15 is 0 Å². The number of benzene rings is 2. The molecule has 7 heteroatoms. The monoisotopic (exact) mass is 402 g/mol. The fraction of sp³-hybridized carbons (Fsp3) is 0.381. The van der Waals surface area contributed by atoms with E-state index in [9.17, 15) is 13.2 Å². The molecule has 1 amide bonds. The summed E-state index contributed by atoms with van der Waals surface area (Å²) in [7, 11) is -1.91. The smallest absolute Gasteiger partial charge is 0.232 e. The van der Waals surface area contributed by atoms with Crippen molar-refractivity contribution in [3.63, 3.8) is 0 Å². The number of anilines is 1. The van der Waals surface area contributed by atoms with Gasteiger partial charge in [0, 0.05) is 32.1 Å². The molecule has 150 valence electrons. The number of carbonyl (C=O) groups is 1. The van der Waals surface area contributed by atoms with E-state index in [0.29, 0.717) is 37.4 Å². The summed E-state index contributed by atoms with van der Waals surface area (Å²) in [6, 6.07) is 15.1. The predicted molar refractivity (Wildman–Crippen MR) is 110 cm³/mol. The summed E-state index contributed by atoms with van der Waals surface area (Å²) >= 11 is 0. The first-order chi connectivity index (χ1) is 13.4. The molecule has 0 saturated heterocycles. The lowest BCUT2D eigenvalue weighted by Crippen LogP contribution is -2.37. The van der Waals surface area contributed by atoms with E-state index < -0.39 is 10.0 Å². The van der Waals surface area contributed by atoms with Gasteiger partial charge in [-0.15, -0.1) is 0 Å². The Labute approximate surface area is 166 Å². The minimum Gasteiger partial charge on any atom is -0.497 e. The lowest BCUT2D eigenvalue weighted by molar-refractivity contribution is -0.132. The van der Waals surface area contributed by atoms with Crippen molar-refractivity contribution in [3.8, 4) is 5.75 Å². The van der Waals surface area contributed by atoms with Gasteiger partial charge in [-0.3, -0.25) is 9.10 Å². The molecule has 0 saturated carbocycles. The average molecular weight is 403 g/mol. The van der Waals surface area contributed by atoms with Crippen LogP contribution in [0.25, 0.3) is 0 Å². The second kappa shape index (κ2) is 8.65. The van der Waals surface area contributed by atoms with Crippen molar-refractivity contribution in [1.82, 2.24) is 4.90 Å². The molecular weight excluding hydrogens is 376 g/mol. The molecule has 2 aromatic carbocycles. The quantitative estimate of drug-likeness (QED) is 0.714. The average Bonchev–Trinajstić information content (AvgIpc) is 2.69. The zero-order valence-electron chi connectivity index (χ0n) is 16.3. The molecule has 1 aliphatic heterocycles. The van der Waals surface area contributed by atoms with Crippen molar-refractivity contribution in [2.24, 2.45) is 0 Å². The van der Waals surface area contributed by atoms with Gasteiger partial charge >= 0.3 is 0 Å². The molecule has 0 N–H and O–H groups in total. The van der Waals surface area contributed by atoms with Gasteiger partial charge in [0.1, 0.15) is 5.75 Å². The molecule has 6 nitrogen and oxygen atoms in total. The van der Waals surface area contributed by atoms with Gasteiger partial charge in [-0.2, -0.15) is 0 Å². The van der Waals surface area contributed by atoms with Crippen LogP contribution in [0.1, 0.15) is 24.0 Å². The Morgan fingerprint density at radius 3 is 2.61 bits per heavy atom. The van der Waals surface area contributed by atoms with Crippen molar-refractivity contribution >= 4 is 21.6 Å². The predicted octanol–water partition coefficient (Wildman–Crippen LogP) is 2.83. The molecule has 0 aliphatic carbocycles. The first kappa shape index (κ1) is 20.2. The Bertz CT molecular complexity index is 943. The maximum atomic E-state index is 12.6. The Kier molecular flexibility index (Phi) is 6.24. The third-order valence-corrected chi connectivity index (χ3v) is 6.17. The van der Waals surface area contributed by atoms with Crippen LogP contribution >= 0.6 is 0 Å². The second-order valence-corrected chi connectivity index (χ2v) is 8.88. The fourth-order valence-electron chi connectivity index (χ4n) is 3.49. The van der Waals surface area contributed by atoms with Crippen LogP contribution in [0.2, 0.25) is 0 Å². The van der Waals surface area contributed by atoms with E-state index in [2.05, 4.69) is 12.1 Å². The summed E-state index contributed by atoms with van der Waals surface area (Å²) in [5.41, 5.74) is 3.03. The van der Waals surface area contributed by atoms with Gasteiger partial charge in [0.2, 0.25) is 15.9 Å². The molecule has 1 aliphatic rings. The summed E-state index contributed by atoms with van der Waals surface area (Å²) in [5.74, 6) is 0.655. The topological polar surface area (TPSA) is 66.9 Å². The van der Waals surface area contributed by atoms with Gasteiger partial charge in [-0.1, -0.05) is 30.3 Å². The molecule has 0 spiro atoms.